The third kappa shape index (κ3) is 3.48. The van der Waals surface area contributed by atoms with Crippen LogP contribution in [0.5, 0.6) is 0 Å². The summed E-state index contributed by atoms with van der Waals surface area (Å²) in [7, 11) is 0. The predicted molar refractivity (Wildman–Crippen MR) is 82.4 cm³/mol. The molecule has 1 atom stereocenters. The van der Waals surface area contributed by atoms with E-state index in [9.17, 15) is 9.59 Å². The summed E-state index contributed by atoms with van der Waals surface area (Å²) in [5.41, 5.74) is 0.994. The van der Waals surface area contributed by atoms with Crippen LogP contribution in [0.15, 0.2) is 22.9 Å². The summed E-state index contributed by atoms with van der Waals surface area (Å²) in [5.74, 6) is -0.880. The minimum Gasteiger partial charge on any atom is -0.444 e. The second kappa shape index (κ2) is 6.52. The van der Waals surface area contributed by atoms with Crippen molar-refractivity contribution in [3.05, 3.63) is 28.5 Å². The Kier molecular flexibility index (Phi) is 4.73. The number of nitrogens with zero attached hydrogens (tertiary/aromatic N) is 1. The molecule has 2 aromatic heterocycles. The Labute approximate surface area is 129 Å². The number of carbonyl (C=O) groups excluding carboxylic acids is 2. The molecule has 21 heavy (non-hydrogen) atoms. The Bertz CT molecular complexity index is 698. The Morgan fingerprint density at radius 2 is 2.19 bits per heavy atom. The molecule has 0 saturated heterocycles. The van der Waals surface area contributed by atoms with Crippen LogP contribution < -0.4 is 5.32 Å². The minimum absolute atomic E-state index is 0.267. The van der Waals surface area contributed by atoms with E-state index in [1.54, 1.807) is 5.38 Å². The average molecular weight is 320 g/mol. The van der Waals surface area contributed by atoms with E-state index >= 15 is 0 Å². The number of anilines is 1. The zero-order chi connectivity index (χ0) is 15.4. The quantitative estimate of drug-likeness (QED) is 0.874. The number of amides is 1. The van der Waals surface area contributed by atoms with Gasteiger partial charge >= 0.3 is 5.97 Å². The van der Waals surface area contributed by atoms with Crippen LogP contribution in [0.4, 0.5) is 5.00 Å². The smallest absolute Gasteiger partial charge is 0.343 e. The van der Waals surface area contributed by atoms with E-state index in [1.807, 2.05) is 23.6 Å². The number of esters is 1. The molecule has 1 N–H and O–H groups in total. The SMILES string of the molecule is CC(=O)Nc1scc(-c2cccs2)c1C(=O)O[C@H](C)C#N. The molecular formula is C14H12N2O3S2. The van der Waals surface area contributed by atoms with Crippen molar-refractivity contribution in [2.75, 3.05) is 5.32 Å². The van der Waals surface area contributed by atoms with Crippen LogP contribution in [-0.4, -0.2) is 18.0 Å². The number of hydrogen-bond donors (Lipinski definition) is 1. The molecule has 0 aliphatic carbocycles. The molecule has 0 aromatic carbocycles. The van der Waals surface area contributed by atoms with Crippen LogP contribution in [0.1, 0.15) is 24.2 Å². The first-order valence-electron chi connectivity index (χ1n) is 6.06. The lowest BCUT2D eigenvalue weighted by molar-refractivity contribution is -0.114. The molecular weight excluding hydrogens is 308 g/mol. The second-order valence-electron chi connectivity index (χ2n) is 4.19. The van der Waals surface area contributed by atoms with Gasteiger partial charge in [0.05, 0.1) is 0 Å². The van der Waals surface area contributed by atoms with Crippen molar-refractivity contribution in [2.24, 2.45) is 0 Å². The number of ether oxygens (including phenoxy) is 1. The number of nitrogens with one attached hydrogen (secondary N) is 1. The predicted octanol–water partition coefficient (Wildman–Crippen LogP) is 3.50. The van der Waals surface area contributed by atoms with Crippen molar-refractivity contribution < 1.29 is 14.3 Å². The van der Waals surface area contributed by atoms with Crippen molar-refractivity contribution in [1.29, 1.82) is 5.26 Å². The Balaban J connectivity index is 2.44. The van der Waals surface area contributed by atoms with Gasteiger partial charge < -0.3 is 10.1 Å². The van der Waals surface area contributed by atoms with Gasteiger partial charge in [-0.25, -0.2) is 4.79 Å². The number of thiophene rings is 2. The summed E-state index contributed by atoms with van der Waals surface area (Å²) in [6.45, 7) is 2.87. The van der Waals surface area contributed by atoms with Crippen LogP contribution in [0.25, 0.3) is 10.4 Å². The Morgan fingerprint density at radius 1 is 1.43 bits per heavy atom. The van der Waals surface area contributed by atoms with Crippen molar-refractivity contribution in [2.45, 2.75) is 20.0 Å². The van der Waals surface area contributed by atoms with E-state index < -0.39 is 12.1 Å². The fourth-order valence-corrected chi connectivity index (χ4v) is 3.49. The van der Waals surface area contributed by atoms with Crippen LogP contribution in [-0.2, 0) is 9.53 Å². The molecule has 108 valence electrons. The topological polar surface area (TPSA) is 79.2 Å². The lowest BCUT2D eigenvalue weighted by atomic mass is 10.1. The van der Waals surface area contributed by atoms with Gasteiger partial charge in [0, 0.05) is 22.7 Å². The molecule has 0 radical (unpaired) electrons. The summed E-state index contributed by atoms with van der Waals surface area (Å²) in [4.78, 5) is 24.4. The molecule has 0 aliphatic rings. The average Bonchev–Trinajstić information content (AvgIpc) is 3.06. The highest BCUT2D eigenvalue weighted by molar-refractivity contribution is 7.17. The van der Waals surface area contributed by atoms with Crippen molar-refractivity contribution in [1.82, 2.24) is 0 Å². The summed E-state index contributed by atoms with van der Waals surface area (Å²) in [5, 5.41) is 15.5. The molecule has 0 spiro atoms. The summed E-state index contributed by atoms with van der Waals surface area (Å²) in [6, 6.07) is 5.61. The fraction of sp³-hybridized carbons (Fsp3) is 0.214. The van der Waals surface area contributed by atoms with E-state index in [-0.39, 0.29) is 5.91 Å². The van der Waals surface area contributed by atoms with Crippen LogP contribution in [0, 0.1) is 11.3 Å². The van der Waals surface area contributed by atoms with E-state index in [0.717, 1.165) is 4.88 Å². The molecule has 0 aliphatic heterocycles. The first-order valence-corrected chi connectivity index (χ1v) is 7.82. The molecule has 0 bridgehead atoms. The molecule has 0 fully saturated rings. The summed E-state index contributed by atoms with van der Waals surface area (Å²) in [6.07, 6.45) is -0.848. The van der Waals surface area contributed by atoms with E-state index in [4.69, 9.17) is 10.00 Å². The molecule has 2 heterocycles. The zero-order valence-corrected chi connectivity index (χ0v) is 13.0. The third-order valence-electron chi connectivity index (χ3n) is 2.54. The molecule has 0 saturated carbocycles. The molecule has 1 amide bonds. The number of carbonyl (C=O) groups is 2. The Morgan fingerprint density at radius 3 is 2.76 bits per heavy atom. The highest BCUT2D eigenvalue weighted by Gasteiger charge is 2.24. The van der Waals surface area contributed by atoms with Gasteiger partial charge in [-0.15, -0.1) is 22.7 Å². The molecule has 2 rings (SSSR count). The van der Waals surface area contributed by atoms with Gasteiger partial charge in [-0.05, 0) is 18.4 Å². The van der Waals surface area contributed by atoms with Gasteiger partial charge in [0.25, 0.3) is 0 Å². The van der Waals surface area contributed by atoms with Gasteiger partial charge in [-0.2, -0.15) is 5.26 Å². The zero-order valence-electron chi connectivity index (χ0n) is 11.4. The Hall–Kier alpha value is -2.17. The highest BCUT2D eigenvalue weighted by atomic mass is 32.1. The monoisotopic (exact) mass is 320 g/mol. The number of hydrogen-bond acceptors (Lipinski definition) is 6. The van der Waals surface area contributed by atoms with E-state index in [1.165, 1.54) is 36.5 Å². The first-order chi connectivity index (χ1) is 10.0. The maximum absolute atomic E-state index is 12.3. The highest BCUT2D eigenvalue weighted by Crippen LogP contribution is 2.38. The van der Waals surface area contributed by atoms with E-state index in [2.05, 4.69) is 5.32 Å². The standard InChI is InChI=1S/C14H12N2O3S2/c1-8(6-15)19-14(18)12-10(11-4-3-5-20-11)7-21-13(12)16-9(2)17/h3-5,7-8H,1-2H3,(H,16,17)/t8-/m1/s1. The van der Waals surface area contributed by atoms with Crippen LogP contribution in [0.2, 0.25) is 0 Å². The van der Waals surface area contributed by atoms with Gasteiger partial charge in [-0.3, -0.25) is 4.79 Å². The van der Waals surface area contributed by atoms with E-state index in [0.29, 0.717) is 16.1 Å². The van der Waals surface area contributed by atoms with Gasteiger partial charge in [0.15, 0.2) is 6.10 Å². The number of rotatable bonds is 4. The normalized spacial score (nSPS) is 11.5. The molecule has 0 unspecified atom stereocenters. The minimum atomic E-state index is -0.848. The van der Waals surface area contributed by atoms with Gasteiger partial charge in [0.1, 0.15) is 16.6 Å². The van der Waals surface area contributed by atoms with Crippen molar-refractivity contribution in [3.8, 4) is 16.5 Å². The molecule has 5 nitrogen and oxygen atoms in total. The summed E-state index contributed by atoms with van der Waals surface area (Å²) < 4.78 is 5.06. The number of nitriles is 1. The maximum Gasteiger partial charge on any atom is 0.343 e. The largest absolute Gasteiger partial charge is 0.444 e. The van der Waals surface area contributed by atoms with Crippen LogP contribution in [0.3, 0.4) is 0 Å². The third-order valence-corrected chi connectivity index (χ3v) is 4.34. The van der Waals surface area contributed by atoms with Crippen molar-refractivity contribution >= 4 is 39.6 Å². The molecule has 2 aromatic rings. The first kappa shape index (κ1) is 15.2. The lowest BCUT2D eigenvalue weighted by Crippen LogP contribution is -2.15. The lowest BCUT2D eigenvalue weighted by Gasteiger charge is -2.09. The van der Waals surface area contributed by atoms with Crippen molar-refractivity contribution in [3.63, 3.8) is 0 Å². The second-order valence-corrected chi connectivity index (χ2v) is 6.02. The molecule has 7 heteroatoms. The van der Waals surface area contributed by atoms with Gasteiger partial charge in [-0.1, -0.05) is 6.07 Å². The van der Waals surface area contributed by atoms with Gasteiger partial charge in [0.2, 0.25) is 5.91 Å². The fourth-order valence-electron chi connectivity index (χ4n) is 1.67. The summed E-state index contributed by atoms with van der Waals surface area (Å²) >= 11 is 2.74. The maximum atomic E-state index is 12.3. The van der Waals surface area contributed by atoms with Crippen LogP contribution >= 0.6 is 22.7 Å².